The Kier molecular flexibility index (Phi) is 5.17. The number of amides is 2. The lowest BCUT2D eigenvalue weighted by atomic mass is 10.1. The molecule has 144 valence electrons. The first-order chi connectivity index (χ1) is 13.5. The standard InChI is InChI=1S/C21H19BrFN3O2/c22-15-2-1-3-17(9-15)25-21(28)14-8-20(27)26(12-14)7-6-13-11-24-19-5-4-16(23)10-18(13)19/h1-5,9-11,14,24H,6-8,12H2,(H,25,28). The van der Waals surface area contributed by atoms with Gasteiger partial charge in [0.25, 0.3) is 0 Å². The molecule has 2 N–H and O–H groups in total. The molecule has 4 rings (SSSR count). The number of rotatable bonds is 5. The van der Waals surface area contributed by atoms with Gasteiger partial charge in [0.2, 0.25) is 11.8 Å². The van der Waals surface area contributed by atoms with Crippen molar-refractivity contribution in [3.05, 3.63) is 64.5 Å². The van der Waals surface area contributed by atoms with Crippen LogP contribution in [0.5, 0.6) is 0 Å². The minimum Gasteiger partial charge on any atom is -0.361 e. The number of nitrogens with one attached hydrogen (secondary N) is 2. The van der Waals surface area contributed by atoms with Gasteiger partial charge in [0.1, 0.15) is 5.82 Å². The molecule has 1 aliphatic heterocycles. The first-order valence-corrected chi connectivity index (χ1v) is 9.88. The third-order valence-electron chi connectivity index (χ3n) is 5.06. The number of hydrogen-bond acceptors (Lipinski definition) is 2. The number of halogens is 2. The Bertz CT molecular complexity index is 1050. The first kappa shape index (κ1) is 18.7. The maximum absolute atomic E-state index is 13.5. The second-order valence-corrected chi connectivity index (χ2v) is 7.91. The Hall–Kier alpha value is -2.67. The van der Waals surface area contributed by atoms with Crippen molar-refractivity contribution < 1.29 is 14.0 Å². The Balaban J connectivity index is 1.38. The maximum Gasteiger partial charge on any atom is 0.229 e. The van der Waals surface area contributed by atoms with Gasteiger partial charge in [-0.15, -0.1) is 0 Å². The fourth-order valence-corrected chi connectivity index (χ4v) is 3.99. The summed E-state index contributed by atoms with van der Waals surface area (Å²) in [5, 5.41) is 3.70. The number of hydrogen-bond donors (Lipinski definition) is 2. The van der Waals surface area contributed by atoms with E-state index in [0.29, 0.717) is 25.2 Å². The molecule has 2 amide bonds. The fraction of sp³-hybridized carbons (Fsp3) is 0.238. The molecule has 1 fully saturated rings. The summed E-state index contributed by atoms with van der Waals surface area (Å²) in [7, 11) is 0. The van der Waals surface area contributed by atoms with Crippen molar-refractivity contribution in [2.24, 2.45) is 5.92 Å². The molecule has 2 aromatic carbocycles. The second-order valence-electron chi connectivity index (χ2n) is 6.99. The normalized spacial score (nSPS) is 16.7. The van der Waals surface area contributed by atoms with Crippen LogP contribution in [0.25, 0.3) is 10.9 Å². The molecule has 1 aliphatic rings. The Labute approximate surface area is 170 Å². The van der Waals surface area contributed by atoms with Crippen molar-refractivity contribution in [2.45, 2.75) is 12.8 Å². The highest BCUT2D eigenvalue weighted by Gasteiger charge is 2.34. The van der Waals surface area contributed by atoms with E-state index in [1.165, 1.54) is 12.1 Å². The highest BCUT2D eigenvalue weighted by atomic mass is 79.9. The van der Waals surface area contributed by atoms with Crippen LogP contribution in [0.4, 0.5) is 10.1 Å². The summed E-state index contributed by atoms with van der Waals surface area (Å²) < 4.78 is 14.4. The SMILES string of the molecule is O=C(Nc1cccc(Br)c1)C1CC(=O)N(CCc2c[nH]c3ccc(F)cc23)C1. The van der Waals surface area contributed by atoms with Gasteiger partial charge in [-0.1, -0.05) is 22.0 Å². The molecule has 0 radical (unpaired) electrons. The van der Waals surface area contributed by atoms with Crippen molar-refractivity contribution >= 4 is 44.3 Å². The second kappa shape index (κ2) is 7.75. The number of aromatic nitrogens is 1. The van der Waals surface area contributed by atoms with Gasteiger partial charge in [-0.3, -0.25) is 9.59 Å². The first-order valence-electron chi connectivity index (χ1n) is 9.09. The van der Waals surface area contributed by atoms with Crippen molar-refractivity contribution in [1.82, 2.24) is 9.88 Å². The zero-order valence-corrected chi connectivity index (χ0v) is 16.6. The molecule has 5 nitrogen and oxygen atoms in total. The van der Waals surface area contributed by atoms with Crippen LogP contribution < -0.4 is 5.32 Å². The minimum absolute atomic E-state index is 0.0274. The van der Waals surface area contributed by atoms with E-state index < -0.39 is 0 Å². The predicted molar refractivity (Wildman–Crippen MR) is 109 cm³/mol. The lowest BCUT2D eigenvalue weighted by molar-refractivity contribution is -0.128. The van der Waals surface area contributed by atoms with E-state index in [-0.39, 0.29) is 30.0 Å². The zero-order valence-electron chi connectivity index (χ0n) is 15.0. The van der Waals surface area contributed by atoms with Crippen LogP contribution in [0.1, 0.15) is 12.0 Å². The van der Waals surface area contributed by atoms with Crippen LogP contribution >= 0.6 is 15.9 Å². The Morgan fingerprint density at radius 3 is 2.96 bits per heavy atom. The molecular formula is C21H19BrFN3O2. The number of carbonyl (C=O) groups is 2. The molecule has 1 aromatic heterocycles. The molecule has 3 aromatic rings. The smallest absolute Gasteiger partial charge is 0.229 e. The molecule has 7 heteroatoms. The summed E-state index contributed by atoms with van der Waals surface area (Å²) in [6.07, 6.45) is 2.67. The van der Waals surface area contributed by atoms with Crippen molar-refractivity contribution in [1.29, 1.82) is 0 Å². The molecule has 1 saturated heterocycles. The number of likely N-dealkylation sites (tertiary alicyclic amines) is 1. The average Bonchev–Trinajstić information content (AvgIpc) is 3.23. The van der Waals surface area contributed by atoms with Gasteiger partial charge < -0.3 is 15.2 Å². The molecule has 28 heavy (non-hydrogen) atoms. The lowest BCUT2D eigenvalue weighted by Crippen LogP contribution is -2.30. The summed E-state index contributed by atoms with van der Waals surface area (Å²) in [5.41, 5.74) is 2.53. The quantitative estimate of drug-likeness (QED) is 0.623. The van der Waals surface area contributed by atoms with E-state index in [4.69, 9.17) is 0 Å². The Morgan fingerprint density at radius 1 is 1.29 bits per heavy atom. The Morgan fingerprint density at radius 2 is 2.14 bits per heavy atom. The summed E-state index contributed by atoms with van der Waals surface area (Å²) in [5.74, 6) is -0.828. The van der Waals surface area contributed by atoms with Crippen LogP contribution in [-0.2, 0) is 16.0 Å². The molecule has 0 spiro atoms. The van der Waals surface area contributed by atoms with E-state index in [9.17, 15) is 14.0 Å². The highest BCUT2D eigenvalue weighted by molar-refractivity contribution is 9.10. The number of nitrogens with zero attached hydrogens (tertiary/aromatic N) is 1. The van der Waals surface area contributed by atoms with Gasteiger partial charge in [-0.05, 0) is 48.4 Å². The average molecular weight is 444 g/mol. The molecule has 0 saturated carbocycles. The van der Waals surface area contributed by atoms with Gasteiger partial charge in [-0.25, -0.2) is 4.39 Å². The fourth-order valence-electron chi connectivity index (χ4n) is 3.59. The lowest BCUT2D eigenvalue weighted by Gasteiger charge is -2.16. The predicted octanol–water partition coefficient (Wildman–Crippen LogP) is 4.10. The van der Waals surface area contributed by atoms with E-state index >= 15 is 0 Å². The summed E-state index contributed by atoms with van der Waals surface area (Å²) in [6.45, 7) is 0.901. The van der Waals surface area contributed by atoms with Gasteiger partial charge in [0.15, 0.2) is 0 Å². The van der Waals surface area contributed by atoms with Crippen LogP contribution in [0.2, 0.25) is 0 Å². The van der Waals surface area contributed by atoms with E-state index in [1.807, 2.05) is 30.5 Å². The third-order valence-corrected chi connectivity index (χ3v) is 5.55. The topological polar surface area (TPSA) is 65.2 Å². The van der Waals surface area contributed by atoms with Gasteiger partial charge in [0.05, 0.1) is 5.92 Å². The summed E-state index contributed by atoms with van der Waals surface area (Å²) in [4.78, 5) is 29.7. The van der Waals surface area contributed by atoms with Crippen molar-refractivity contribution in [3.63, 3.8) is 0 Å². The monoisotopic (exact) mass is 443 g/mol. The maximum atomic E-state index is 13.5. The molecule has 2 heterocycles. The number of benzene rings is 2. The van der Waals surface area contributed by atoms with Crippen molar-refractivity contribution in [3.8, 4) is 0 Å². The molecule has 1 unspecified atom stereocenters. The van der Waals surface area contributed by atoms with Crippen LogP contribution in [0, 0.1) is 11.7 Å². The minimum atomic E-state index is -0.369. The summed E-state index contributed by atoms with van der Waals surface area (Å²) >= 11 is 3.38. The van der Waals surface area contributed by atoms with Crippen LogP contribution in [0.15, 0.2) is 53.1 Å². The zero-order chi connectivity index (χ0) is 19.7. The highest BCUT2D eigenvalue weighted by Crippen LogP contribution is 2.24. The van der Waals surface area contributed by atoms with Gasteiger partial charge in [-0.2, -0.15) is 0 Å². The third kappa shape index (κ3) is 3.94. The summed E-state index contributed by atoms with van der Waals surface area (Å²) in [6, 6.07) is 12.0. The number of anilines is 1. The molecular weight excluding hydrogens is 425 g/mol. The van der Waals surface area contributed by atoms with E-state index in [0.717, 1.165) is 20.9 Å². The molecule has 1 atom stereocenters. The van der Waals surface area contributed by atoms with Gasteiger partial charge in [0, 0.05) is 46.8 Å². The number of carbonyl (C=O) groups excluding carboxylic acids is 2. The van der Waals surface area contributed by atoms with E-state index in [2.05, 4.69) is 26.2 Å². The van der Waals surface area contributed by atoms with Gasteiger partial charge >= 0.3 is 0 Å². The van der Waals surface area contributed by atoms with Crippen LogP contribution in [-0.4, -0.2) is 34.8 Å². The number of H-pyrrole nitrogens is 1. The number of aromatic amines is 1. The van der Waals surface area contributed by atoms with E-state index in [1.54, 1.807) is 11.0 Å². The largest absolute Gasteiger partial charge is 0.361 e. The van der Waals surface area contributed by atoms with Crippen molar-refractivity contribution in [2.75, 3.05) is 18.4 Å². The molecule has 0 bridgehead atoms. The number of fused-ring (bicyclic) bond motifs is 1. The molecule has 0 aliphatic carbocycles. The van der Waals surface area contributed by atoms with Crippen LogP contribution in [0.3, 0.4) is 0 Å².